The maximum atomic E-state index is 6.07. The van der Waals surface area contributed by atoms with E-state index in [1.807, 2.05) is 6.92 Å². The van der Waals surface area contributed by atoms with E-state index in [-0.39, 0.29) is 0 Å². The van der Waals surface area contributed by atoms with Gasteiger partial charge in [0.1, 0.15) is 28.0 Å². The molecule has 0 aliphatic heterocycles. The number of benzene rings is 1. The van der Waals surface area contributed by atoms with Crippen LogP contribution in [0.15, 0.2) is 18.2 Å². The number of hydrogen-bond acceptors (Lipinski definition) is 5. The third-order valence-electron chi connectivity index (χ3n) is 3.05. The minimum absolute atomic E-state index is 0.386. The first kappa shape index (κ1) is 15.4. The van der Waals surface area contributed by atoms with Crippen LogP contribution in [0.3, 0.4) is 0 Å². The Kier molecular flexibility index (Phi) is 4.85. The van der Waals surface area contributed by atoms with Crippen LogP contribution in [0.2, 0.25) is 5.15 Å². The molecule has 0 spiro atoms. The lowest BCUT2D eigenvalue weighted by Gasteiger charge is -2.14. The highest BCUT2D eigenvalue weighted by atomic mass is 35.5. The number of rotatable bonds is 5. The minimum atomic E-state index is 0.386. The largest absolute Gasteiger partial charge is 0.496 e. The van der Waals surface area contributed by atoms with Gasteiger partial charge in [0.05, 0.1) is 21.3 Å². The van der Waals surface area contributed by atoms with Crippen LogP contribution in [0, 0.1) is 0 Å². The van der Waals surface area contributed by atoms with Crippen LogP contribution in [-0.4, -0.2) is 31.3 Å². The van der Waals surface area contributed by atoms with Gasteiger partial charge in [0, 0.05) is 17.8 Å². The third kappa shape index (κ3) is 3.19. The lowest BCUT2D eigenvalue weighted by atomic mass is 10.1. The SMILES string of the molecule is CCc1cc(Cl)nc(-c2c(OC)cc(OC)cc2OC)n1. The molecule has 6 heteroatoms. The average Bonchev–Trinajstić information content (AvgIpc) is 2.52. The molecular formula is C15H17ClN2O3. The molecule has 0 fully saturated rings. The zero-order valence-electron chi connectivity index (χ0n) is 12.4. The third-order valence-corrected chi connectivity index (χ3v) is 3.24. The van der Waals surface area contributed by atoms with Crippen LogP contribution < -0.4 is 14.2 Å². The van der Waals surface area contributed by atoms with Crippen LogP contribution in [-0.2, 0) is 6.42 Å². The fourth-order valence-corrected chi connectivity index (χ4v) is 2.19. The molecule has 0 atom stereocenters. The van der Waals surface area contributed by atoms with E-state index in [4.69, 9.17) is 25.8 Å². The molecule has 0 radical (unpaired) electrons. The van der Waals surface area contributed by atoms with Gasteiger partial charge in [-0.15, -0.1) is 0 Å². The lowest BCUT2D eigenvalue weighted by Crippen LogP contribution is -2.00. The molecule has 0 saturated heterocycles. The summed E-state index contributed by atoms with van der Waals surface area (Å²) in [5.74, 6) is 2.23. The second-order valence-corrected chi connectivity index (χ2v) is 4.65. The average molecular weight is 309 g/mol. The minimum Gasteiger partial charge on any atom is -0.496 e. The molecule has 0 N–H and O–H groups in total. The highest BCUT2D eigenvalue weighted by Crippen LogP contribution is 2.40. The normalized spacial score (nSPS) is 10.3. The van der Waals surface area contributed by atoms with Crippen molar-refractivity contribution in [3.8, 4) is 28.6 Å². The van der Waals surface area contributed by atoms with Gasteiger partial charge in [0.25, 0.3) is 0 Å². The van der Waals surface area contributed by atoms with E-state index in [0.717, 1.165) is 12.1 Å². The number of ether oxygens (including phenoxy) is 3. The highest BCUT2D eigenvalue weighted by molar-refractivity contribution is 6.29. The molecule has 0 aliphatic rings. The van der Waals surface area contributed by atoms with E-state index in [0.29, 0.717) is 33.8 Å². The van der Waals surface area contributed by atoms with Crippen molar-refractivity contribution in [3.05, 3.63) is 29.0 Å². The summed E-state index contributed by atoms with van der Waals surface area (Å²) in [7, 11) is 4.73. The van der Waals surface area contributed by atoms with Gasteiger partial charge in [-0.1, -0.05) is 18.5 Å². The Bertz CT molecular complexity index is 622. The molecule has 0 bridgehead atoms. The smallest absolute Gasteiger partial charge is 0.168 e. The van der Waals surface area contributed by atoms with Gasteiger partial charge in [0.15, 0.2) is 5.82 Å². The first-order valence-corrected chi connectivity index (χ1v) is 6.84. The van der Waals surface area contributed by atoms with Crippen LogP contribution >= 0.6 is 11.6 Å². The Balaban J connectivity index is 2.69. The number of aryl methyl sites for hydroxylation is 1. The number of methoxy groups -OCH3 is 3. The number of halogens is 1. The summed E-state index contributed by atoms with van der Waals surface area (Å²) in [5.41, 5.74) is 1.50. The molecule has 0 saturated carbocycles. The molecule has 2 rings (SSSR count). The Hall–Kier alpha value is -2.01. The van der Waals surface area contributed by atoms with Gasteiger partial charge in [0.2, 0.25) is 0 Å². The van der Waals surface area contributed by atoms with Crippen LogP contribution in [0.25, 0.3) is 11.4 Å². The second kappa shape index (κ2) is 6.63. The molecule has 5 nitrogen and oxygen atoms in total. The molecule has 0 unspecified atom stereocenters. The van der Waals surface area contributed by atoms with E-state index in [2.05, 4.69) is 9.97 Å². The summed E-state index contributed by atoms with van der Waals surface area (Å²) >= 11 is 6.07. The first-order chi connectivity index (χ1) is 10.1. The fourth-order valence-electron chi connectivity index (χ4n) is 1.98. The van der Waals surface area contributed by atoms with Crippen molar-refractivity contribution in [1.29, 1.82) is 0 Å². The van der Waals surface area contributed by atoms with Crippen molar-refractivity contribution in [2.45, 2.75) is 13.3 Å². The van der Waals surface area contributed by atoms with Crippen molar-refractivity contribution in [1.82, 2.24) is 9.97 Å². The summed E-state index contributed by atoms with van der Waals surface area (Å²) in [4.78, 5) is 8.78. The standard InChI is InChI=1S/C15H17ClN2O3/c1-5-9-6-13(16)18-15(17-9)14-11(20-3)7-10(19-2)8-12(14)21-4/h6-8H,5H2,1-4H3. The van der Waals surface area contributed by atoms with E-state index >= 15 is 0 Å². The summed E-state index contributed by atoms with van der Waals surface area (Å²) < 4.78 is 16.1. The monoisotopic (exact) mass is 308 g/mol. The predicted octanol–water partition coefficient (Wildman–Crippen LogP) is 3.39. The van der Waals surface area contributed by atoms with Gasteiger partial charge in [-0.05, 0) is 12.5 Å². The number of aromatic nitrogens is 2. The predicted molar refractivity (Wildman–Crippen MR) is 81.5 cm³/mol. The van der Waals surface area contributed by atoms with E-state index in [1.165, 1.54) is 0 Å². The van der Waals surface area contributed by atoms with Crippen LogP contribution in [0.4, 0.5) is 0 Å². The van der Waals surface area contributed by atoms with Gasteiger partial charge in [-0.25, -0.2) is 9.97 Å². The molecule has 0 aliphatic carbocycles. The molecule has 1 aromatic heterocycles. The van der Waals surface area contributed by atoms with Crippen molar-refractivity contribution in [2.24, 2.45) is 0 Å². The molecule has 112 valence electrons. The molecule has 2 aromatic rings. The number of hydrogen-bond donors (Lipinski definition) is 0. The Morgan fingerprint density at radius 1 is 0.952 bits per heavy atom. The van der Waals surface area contributed by atoms with Gasteiger partial charge in [-0.3, -0.25) is 0 Å². The van der Waals surface area contributed by atoms with Crippen LogP contribution in [0.1, 0.15) is 12.6 Å². The van der Waals surface area contributed by atoms with Gasteiger partial charge in [-0.2, -0.15) is 0 Å². The van der Waals surface area contributed by atoms with Crippen molar-refractivity contribution < 1.29 is 14.2 Å². The van der Waals surface area contributed by atoms with Gasteiger partial charge >= 0.3 is 0 Å². The Morgan fingerprint density at radius 3 is 2.05 bits per heavy atom. The van der Waals surface area contributed by atoms with Crippen molar-refractivity contribution in [3.63, 3.8) is 0 Å². The maximum Gasteiger partial charge on any atom is 0.168 e. The number of nitrogens with zero attached hydrogens (tertiary/aromatic N) is 2. The Labute approximate surface area is 128 Å². The second-order valence-electron chi connectivity index (χ2n) is 4.27. The van der Waals surface area contributed by atoms with E-state index < -0.39 is 0 Å². The quantitative estimate of drug-likeness (QED) is 0.793. The van der Waals surface area contributed by atoms with Crippen molar-refractivity contribution >= 4 is 11.6 Å². The lowest BCUT2D eigenvalue weighted by molar-refractivity contribution is 0.377. The van der Waals surface area contributed by atoms with Gasteiger partial charge < -0.3 is 14.2 Å². The summed E-state index contributed by atoms with van der Waals surface area (Å²) in [6.45, 7) is 2.00. The molecule has 0 amide bonds. The van der Waals surface area contributed by atoms with E-state index in [1.54, 1.807) is 39.5 Å². The van der Waals surface area contributed by atoms with E-state index in [9.17, 15) is 0 Å². The Morgan fingerprint density at radius 2 is 1.57 bits per heavy atom. The molecule has 1 heterocycles. The zero-order chi connectivity index (χ0) is 15.4. The topological polar surface area (TPSA) is 53.5 Å². The zero-order valence-corrected chi connectivity index (χ0v) is 13.2. The summed E-state index contributed by atoms with van der Waals surface area (Å²) in [6, 6.07) is 5.26. The first-order valence-electron chi connectivity index (χ1n) is 6.46. The maximum absolute atomic E-state index is 6.07. The van der Waals surface area contributed by atoms with Crippen LogP contribution in [0.5, 0.6) is 17.2 Å². The molecular weight excluding hydrogens is 292 g/mol. The highest BCUT2D eigenvalue weighted by Gasteiger charge is 2.18. The van der Waals surface area contributed by atoms with Crippen molar-refractivity contribution in [2.75, 3.05) is 21.3 Å². The summed E-state index contributed by atoms with van der Waals surface area (Å²) in [6.07, 6.45) is 0.760. The molecule has 21 heavy (non-hydrogen) atoms. The fraction of sp³-hybridized carbons (Fsp3) is 0.333. The molecule has 1 aromatic carbocycles. The summed E-state index contributed by atoms with van der Waals surface area (Å²) in [5, 5.41) is 0.386.